The maximum absolute atomic E-state index is 12.4. The fourth-order valence-electron chi connectivity index (χ4n) is 2.26. The van der Waals surface area contributed by atoms with E-state index >= 15 is 0 Å². The van der Waals surface area contributed by atoms with Gasteiger partial charge in [-0.05, 0) is 62.0 Å². The number of methoxy groups -OCH3 is 1. The maximum Gasteiger partial charge on any atom is 0.257 e. The van der Waals surface area contributed by atoms with E-state index in [1.54, 1.807) is 55.6 Å². The van der Waals surface area contributed by atoms with Gasteiger partial charge in [0.15, 0.2) is 5.11 Å². The summed E-state index contributed by atoms with van der Waals surface area (Å²) < 4.78 is 5.07. The molecule has 27 heavy (non-hydrogen) atoms. The maximum atomic E-state index is 12.4. The van der Waals surface area contributed by atoms with Crippen molar-refractivity contribution in [2.75, 3.05) is 12.4 Å². The van der Waals surface area contributed by atoms with Crippen LogP contribution in [0.5, 0.6) is 5.75 Å². The highest BCUT2D eigenvalue weighted by Crippen LogP contribution is 2.16. The lowest BCUT2D eigenvalue weighted by molar-refractivity contribution is 0.0938. The SMILES string of the molecule is CCC(C)NC(=O)c1ccccc1NC(=S)NC(=O)c1ccc(OC)cc1. The summed E-state index contributed by atoms with van der Waals surface area (Å²) in [4.78, 5) is 24.7. The Labute approximate surface area is 164 Å². The van der Waals surface area contributed by atoms with Crippen LogP contribution in [0.2, 0.25) is 0 Å². The summed E-state index contributed by atoms with van der Waals surface area (Å²) in [5.74, 6) is 0.113. The van der Waals surface area contributed by atoms with Crippen LogP contribution in [0.15, 0.2) is 48.5 Å². The molecule has 0 bridgehead atoms. The average Bonchev–Trinajstić information content (AvgIpc) is 2.68. The molecule has 7 heteroatoms. The molecular formula is C20H23N3O3S. The van der Waals surface area contributed by atoms with Crippen molar-refractivity contribution in [3.8, 4) is 5.75 Å². The lowest BCUT2D eigenvalue weighted by Crippen LogP contribution is -2.36. The van der Waals surface area contributed by atoms with E-state index in [9.17, 15) is 9.59 Å². The molecule has 0 aliphatic heterocycles. The van der Waals surface area contributed by atoms with Crippen molar-refractivity contribution < 1.29 is 14.3 Å². The summed E-state index contributed by atoms with van der Waals surface area (Å²) in [5.41, 5.74) is 1.43. The van der Waals surface area contributed by atoms with Gasteiger partial charge in [-0.25, -0.2) is 0 Å². The monoisotopic (exact) mass is 385 g/mol. The molecule has 1 unspecified atom stereocenters. The predicted molar refractivity (Wildman–Crippen MR) is 110 cm³/mol. The fraction of sp³-hybridized carbons (Fsp3) is 0.250. The first-order valence-corrected chi connectivity index (χ1v) is 9.01. The fourth-order valence-corrected chi connectivity index (χ4v) is 2.47. The van der Waals surface area contributed by atoms with Gasteiger partial charge in [0.1, 0.15) is 5.75 Å². The second-order valence-corrected chi connectivity index (χ2v) is 6.37. The first-order valence-electron chi connectivity index (χ1n) is 8.60. The van der Waals surface area contributed by atoms with Crippen molar-refractivity contribution in [2.45, 2.75) is 26.3 Å². The molecule has 6 nitrogen and oxygen atoms in total. The minimum atomic E-state index is -0.350. The quantitative estimate of drug-likeness (QED) is 0.665. The number of para-hydroxylation sites is 1. The summed E-state index contributed by atoms with van der Waals surface area (Å²) in [6.45, 7) is 3.94. The number of nitrogens with one attached hydrogen (secondary N) is 3. The predicted octanol–water partition coefficient (Wildman–Crippen LogP) is 3.35. The molecular weight excluding hydrogens is 362 g/mol. The van der Waals surface area contributed by atoms with Gasteiger partial charge in [0, 0.05) is 11.6 Å². The normalized spacial score (nSPS) is 11.2. The third kappa shape index (κ3) is 5.79. The third-order valence-corrected chi connectivity index (χ3v) is 4.19. The van der Waals surface area contributed by atoms with Gasteiger partial charge in [-0.1, -0.05) is 19.1 Å². The number of rotatable bonds is 6. The molecule has 2 rings (SSSR count). The largest absolute Gasteiger partial charge is 0.497 e. The Morgan fingerprint density at radius 3 is 2.37 bits per heavy atom. The summed E-state index contributed by atoms with van der Waals surface area (Å²) in [7, 11) is 1.56. The molecule has 0 aromatic heterocycles. The summed E-state index contributed by atoms with van der Waals surface area (Å²) in [6.07, 6.45) is 0.831. The molecule has 2 aromatic rings. The summed E-state index contributed by atoms with van der Waals surface area (Å²) in [5, 5.41) is 8.56. The molecule has 0 aliphatic rings. The topological polar surface area (TPSA) is 79.5 Å². The zero-order valence-electron chi connectivity index (χ0n) is 15.5. The van der Waals surface area contributed by atoms with Gasteiger partial charge in [-0.2, -0.15) is 0 Å². The second-order valence-electron chi connectivity index (χ2n) is 5.97. The number of thiocarbonyl (C=S) groups is 1. The molecule has 1 atom stereocenters. The minimum Gasteiger partial charge on any atom is -0.497 e. The van der Waals surface area contributed by atoms with Crippen molar-refractivity contribution in [3.63, 3.8) is 0 Å². The van der Waals surface area contributed by atoms with E-state index in [4.69, 9.17) is 17.0 Å². The number of carbonyl (C=O) groups excluding carboxylic acids is 2. The molecule has 0 saturated heterocycles. The van der Waals surface area contributed by atoms with Gasteiger partial charge in [0.2, 0.25) is 0 Å². The zero-order valence-corrected chi connectivity index (χ0v) is 16.4. The zero-order chi connectivity index (χ0) is 19.8. The molecule has 0 radical (unpaired) electrons. The van der Waals surface area contributed by atoms with Crippen molar-refractivity contribution in [2.24, 2.45) is 0 Å². The van der Waals surface area contributed by atoms with Gasteiger partial charge in [-0.15, -0.1) is 0 Å². The van der Waals surface area contributed by atoms with Crippen LogP contribution in [0.25, 0.3) is 0 Å². The molecule has 0 fully saturated rings. The second kappa shape index (κ2) is 9.68. The molecule has 2 aromatic carbocycles. The molecule has 3 N–H and O–H groups in total. The highest BCUT2D eigenvalue weighted by molar-refractivity contribution is 7.80. The van der Waals surface area contributed by atoms with E-state index in [0.717, 1.165) is 6.42 Å². The standard InChI is InChI=1S/C20H23N3O3S/c1-4-13(2)21-19(25)16-7-5-6-8-17(16)22-20(27)23-18(24)14-9-11-15(26-3)12-10-14/h5-13H,4H2,1-3H3,(H,21,25)(H2,22,23,24,27). The third-order valence-electron chi connectivity index (χ3n) is 3.99. The molecule has 0 saturated carbocycles. The number of hydrogen-bond donors (Lipinski definition) is 3. The van der Waals surface area contributed by atoms with E-state index in [1.165, 1.54) is 0 Å². The number of hydrogen-bond acceptors (Lipinski definition) is 4. The van der Waals surface area contributed by atoms with E-state index in [2.05, 4.69) is 16.0 Å². The Kier molecular flexibility index (Phi) is 7.31. The van der Waals surface area contributed by atoms with Crippen LogP contribution in [0.1, 0.15) is 41.0 Å². The van der Waals surface area contributed by atoms with E-state index in [-0.39, 0.29) is 23.0 Å². The number of benzene rings is 2. The van der Waals surface area contributed by atoms with Crippen LogP contribution >= 0.6 is 12.2 Å². The number of anilines is 1. The van der Waals surface area contributed by atoms with Crippen LogP contribution in [0, 0.1) is 0 Å². The lowest BCUT2D eigenvalue weighted by Gasteiger charge is -2.16. The molecule has 0 aliphatic carbocycles. The first-order chi connectivity index (χ1) is 12.9. The van der Waals surface area contributed by atoms with Crippen molar-refractivity contribution in [1.29, 1.82) is 0 Å². The summed E-state index contributed by atoms with van der Waals surface area (Å²) >= 11 is 5.22. The summed E-state index contributed by atoms with van der Waals surface area (Å²) in [6, 6.07) is 13.7. The molecule has 0 spiro atoms. The number of amides is 2. The van der Waals surface area contributed by atoms with Crippen LogP contribution < -0.4 is 20.7 Å². The molecule has 142 valence electrons. The van der Waals surface area contributed by atoms with Gasteiger partial charge in [0.25, 0.3) is 11.8 Å². The van der Waals surface area contributed by atoms with Crippen LogP contribution in [-0.4, -0.2) is 30.1 Å². The van der Waals surface area contributed by atoms with Crippen molar-refractivity contribution in [1.82, 2.24) is 10.6 Å². The van der Waals surface area contributed by atoms with Crippen LogP contribution in [-0.2, 0) is 0 Å². The highest BCUT2D eigenvalue weighted by Gasteiger charge is 2.14. The Morgan fingerprint density at radius 1 is 1.07 bits per heavy atom. The lowest BCUT2D eigenvalue weighted by atomic mass is 10.1. The van der Waals surface area contributed by atoms with Crippen LogP contribution in [0.4, 0.5) is 5.69 Å². The highest BCUT2D eigenvalue weighted by atomic mass is 32.1. The molecule has 0 heterocycles. The van der Waals surface area contributed by atoms with Crippen molar-refractivity contribution in [3.05, 3.63) is 59.7 Å². The Hall–Kier alpha value is -2.93. The van der Waals surface area contributed by atoms with Crippen LogP contribution in [0.3, 0.4) is 0 Å². The number of ether oxygens (including phenoxy) is 1. The Balaban J connectivity index is 2.04. The number of carbonyl (C=O) groups is 2. The minimum absolute atomic E-state index is 0.0623. The Morgan fingerprint density at radius 2 is 1.74 bits per heavy atom. The van der Waals surface area contributed by atoms with E-state index < -0.39 is 0 Å². The van der Waals surface area contributed by atoms with Gasteiger partial charge in [0.05, 0.1) is 18.4 Å². The first kappa shape index (κ1) is 20.4. The smallest absolute Gasteiger partial charge is 0.257 e. The van der Waals surface area contributed by atoms with Gasteiger partial charge >= 0.3 is 0 Å². The van der Waals surface area contributed by atoms with Gasteiger partial charge < -0.3 is 15.4 Å². The van der Waals surface area contributed by atoms with E-state index in [0.29, 0.717) is 22.6 Å². The Bertz CT molecular complexity index is 821. The average molecular weight is 385 g/mol. The van der Waals surface area contributed by atoms with Crippen molar-refractivity contribution >= 4 is 34.8 Å². The van der Waals surface area contributed by atoms with E-state index in [1.807, 2.05) is 13.8 Å². The van der Waals surface area contributed by atoms with Gasteiger partial charge in [-0.3, -0.25) is 14.9 Å². The molecule has 2 amide bonds.